The van der Waals surface area contributed by atoms with Crippen LogP contribution in [0.3, 0.4) is 0 Å². The monoisotopic (exact) mass is 382 g/mol. The van der Waals surface area contributed by atoms with Gasteiger partial charge in [0.2, 0.25) is 0 Å². The average Bonchev–Trinajstić information content (AvgIpc) is 2.76. The topological polar surface area (TPSA) is 15.3 Å². The van der Waals surface area contributed by atoms with Gasteiger partial charge in [-0.05, 0) is 36.4 Å². The van der Waals surface area contributed by atoms with Crippen molar-refractivity contribution >= 4 is 34.4 Å². The molecule has 0 unspecified atom stereocenters. The molecule has 1 heterocycles. The van der Waals surface area contributed by atoms with Crippen LogP contribution in [-0.2, 0) is 5.00 Å². The normalized spacial score (nSPS) is 13.8. The van der Waals surface area contributed by atoms with E-state index in [2.05, 4.69) is 58.7 Å². The highest BCUT2D eigenvalue weighted by Crippen LogP contribution is 2.54. The number of hydrogen-bond donors (Lipinski definition) is 1. The quantitative estimate of drug-likeness (QED) is 0.302. The molecule has 0 aromatic heterocycles. The lowest BCUT2D eigenvalue weighted by Gasteiger charge is -2.45. The maximum absolute atomic E-state index is 7.66. The molecule has 0 radical (unpaired) electrons. The largest absolute Gasteiger partial charge is 0.355 e. The minimum Gasteiger partial charge on any atom is -0.355 e. The highest BCUT2D eigenvalue weighted by atomic mass is 35.5. The van der Waals surface area contributed by atoms with Crippen LogP contribution in [0.1, 0.15) is 11.1 Å². The van der Waals surface area contributed by atoms with Gasteiger partial charge in [-0.2, -0.15) is 0 Å². The summed E-state index contributed by atoms with van der Waals surface area (Å²) >= 11 is 7.66. The van der Waals surface area contributed by atoms with E-state index in [1.54, 1.807) is 0 Å². The van der Waals surface area contributed by atoms with E-state index in [0.29, 0.717) is 0 Å². The summed E-state index contributed by atoms with van der Waals surface area (Å²) in [7, 11) is 0. The lowest BCUT2D eigenvalue weighted by molar-refractivity contribution is 0.731. The number of para-hydroxylation sites is 4. The molecular formula is C25H19ClN2. The molecule has 4 aromatic carbocycles. The van der Waals surface area contributed by atoms with E-state index in [1.165, 1.54) is 0 Å². The number of benzene rings is 4. The molecule has 3 heteroatoms. The number of anilines is 4. The van der Waals surface area contributed by atoms with Crippen molar-refractivity contribution in [1.29, 1.82) is 0 Å². The van der Waals surface area contributed by atoms with Crippen LogP contribution in [0.2, 0.25) is 0 Å². The van der Waals surface area contributed by atoms with Crippen molar-refractivity contribution in [2.24, 2.45) is 0 Å². The van der Waals surface area contributed by atoms with Gasteiger partial charge in [-0.3, -0.25) is 0 Å². The number of nitrogens with one attached hydrogen (secondary N) is 1. The van der Waals surface area contributed by atoms with Gasteiger partial charge in [0.1, 0.15) is 0 Å². The van der Waals surface area contributed by atoms with Gasteiger partial charge in [0.25, 0.3) is 0 Å². The van der Waals surface area contributed by atoms with E-state index >= 15 is 0 Å². The number of rotatable bonds is 3. The molecule has 4 aromatic rings. The van der Waals surface area contributed by atoms with Crippen LogP contribution in [-0.4, -0.2) is 0 Å². The first-order chi connectivity index (χ1) is 13.8. The van der Waals surface area contributed by atoms with E-state index < -0.39 is 5.00 Å². The highest BCUT2D eigenvalue weighted by Gasteiger charge is 2.45. The molecule has 28 heavy (non-hydrogen) atoms. The lowest BCUT2D eigenvalue weighted by atomic mass is 9.89. The summed E-state index contributed by atoms with van der Waals surface area (Å²) in [6.45, 7) is 0. The number of nitrogens with zero attached hydrogens (tertiary/aromatic N) is 1. The maximum Gasteiger partial charge on any atom is 0.174 e. The SMILES string of the molecule is ClC1(N(c2ccccc2)c2ccccc2)c2ccccc2Nc2ccccc21. The molecule has 1 N–H and O–H groups in total. The Morgan fingerprint density at radius 1 is 0.536 bits per heavy atom. The fourth-order valence-corrected chi connectivity index (χ4v) is 4.48. The van der Waals surface area contributed by atoms with Crippen molar-refractivity contribution in [1.82, 2.24) is 0 Å². The minimum atomic E-state index is -0.888. The fourth-order valence-electron chi connectivity index (χ4n) is 3.95. The van der Waals surface area contributed by atoms with Crippen molar-refractivity contribution in [2.75, 3.05) is 10.2 Å². The number of fused-ring (bicyclic) bond motifs is 2. The minimum absolute atomic E-state index is 0.888. The molecule has 0 atom stereocenters. The number of halogens is 1. The predicted octanol–water partition coefficient (Wildman–Crippen LogP) is 7.02. The number of hydrogen-bond acceptors (Lipinski definition) is 2. The first-order valence-corrected chi connectivity index (χ1v) is 9.71. The van der Waals surface area contributed by atoms with Gasteiger partial charge in [0, 0.05) is 33.9 Å². The highest BCUT2D eigenvalue weighted by molar-refractivity contribution is 6.29. The van der Waals surface area contributed by atoms with Gasteiger partial charge in [-0.25, -0.2) is 0 Å². The van der Waals surface area contributed by atoms with Crippen LogP contribution < -0.4 is 10.2 Å². The third kappa shape index (κ3) is 2.57. The van der Waals surface area contributed by atoms with E-state index in [0.717, 1.165) is 33.9 Å². The van der Waals surface area contributed by atoms with Crippen molar-refractivity contribution in [2.45, 2.75) is 5.00 Å². The maximum atomic E-state index is 7.66. The molecule has 1 aliphatic heterocycles. The molecule has 0 aliphatic carbocycles. The molecule has 0 bridgehead atoms. The second-order valence-corrected chi connectivity index (χ2v) is 7.39. The van der Waals surface area contributed by atoms with Crippen LogP contribution in [0.25, 0.3) is 0 Å². The van der Waals surface area contributed by atoms with Gasteiger partial charge in [0.05, 0.1) is 0 Å². The Hall–Kier alpha value is -3.23. The van der Waals surface area contributed by atoms with Crippen LogP contribution >= 0.6 is 11.6 Å². The second-order valence-electron chi connectivity index (χ2n) is 6.84. The smallest absolute Gasteiger partial charge is 0.174 e. The molecule has 0 saturated carbocycles. The zero-order valence-corrected chi connectivity index (χ0v) is 16.0. The Balaban J connectivity index is 1.84. The van der Waals surface area contributed by atoms with Crippen molar-refractivity contribution < 1.29 is 0 Å². The summed E-state index contributed by atoms with van der Waals surface area (Å²) in [5, 5.41) is 3.54. The number of alkyl halides is 1. The Kier molecular flexibility index (Phi) is 4.07. The zero-order valence-electron chi connectivity index (χ0n) is 15.2. The van der Waals surface area contributed by atoms with Gasteiger partial charge in [-0.15, -0.1) is 0 Å². The van der Waals surface area contributed by atoms with Crippen molar-refractivity contribution in [3.8, 4) is 0 Å². The molecule has 136 valence electrons. The first kappa shape index (κ1) is 16.9. The summed E-state index contributed by atoms with van der Waals surface area (Å²) < 4.78 is 0. The Labute approximate surface area is 170 Å². The van der Waals surface area contributed by atoms with Gasteiger partial charge < -0.3 is 10.2 Å². The summed E-state index contributed by atoms with van der Waals surface area (Å²) in [4.78, 5) is 1.33. The van der Waals surface area contributed by atoms with Crippen LogP contribution in [0.5, 0.6) is 0 Å². The molecule has 1 aliphatic rings. The van der Waals surface area contributed by atoms with Crippen LogP contribution in [0.15, 0.2) is 109 Å². The van der Waals surface area contributed by atoms with Gasteiger partial charge in [-0.1, -0.05) is 84.4 Å². The summed E-state index contributed by atoms with van der Waals surface area (Å²) in [5.41, 5.74) is 6.18. The average molecular weight is 383 g/mol. The molecule has 0 saturated heterocycles. The Morgan fingerprint density at radius 3 is 1.39 bits per heavy atom. The first-order valence-electron chi connectivity index (χ1n) is 9.34. The van der Waals surface area contributed by atoms with E-state index in [-0.39, 0.29) is 0 Å². The van der Waals surface area contributed by atoms with Crippen molar-refractivity contribution in [3.63, 3.8) is 0 Å². The van der Waals surface area contributed by atoms with Crippen molar-refractivity contribution in [3.05, 3.63) is 120 Å². The molecule has 0 amide bonds. The third-order valence-electron chi connectivity index (χ3n) is 5.17. The standard InChI is InChI=1S/C25H19ClN2/c26-25(28(19-11-3-1-4-12-19)20-13-5-2-6-14-20)21-15-7-9-17-23(21)27-24-18-10-8-16-22(24)25/h1-18,27H. The Bertz CT molecular complexity index is 1020. The third-order valence-corrected chi connectivity index (χ3v) is 5.75. The predicted molar refractivity (Wildman–Crippen MR) is 118 cm³/mol. The van der Waals surface area contributed by atoms with E-state index in [4.69, 9.17) is 11.6 Å². The fraction of sp³-hybridized carbons (Fsp3) is 0.0400. The molecular weight excluding hydrogens is 364 g/mol. The van der Waals surface area contributed by atoms with Crippen LogP contribution in [0.4, 0.5) is 22.7 Å². The lowest BCUT2D eigenvalue weighted by Crippen LogP contribution is -2.42. The van der Waals surface area contributed by atoms with E-state index in [9.17, 15) is 0 Å². The zero-order chi connectivity index (χ0) is 19.0. The Morgan fingerprint density at radius 2 is 0.929 bits per heavy atom. The summed E-state index contributed by atoms with van der Waals surface area (Å²) in [6, 6.07) is 37.2. The molecule has 0 fully saturated rings. The van der Waals surface area contributed by atoms with Crippen LogP contribution in [0, 0.1) is 0 Å². The molecule has 2 nitrogen and oxygen atoms in total. The molecule has 0 spiro atoms. The summed E-state index contributed by atoms with van der Waals surface area (Å²) in [6.07, 6.45) is 0. The van der Waals surface area contributed by atoms with E-state index in [1.807, 2.05) is 60.7 Å². The summed E-state index contributed by atoms with van der Waals surface area (Å²) in [5.74, 6) is 0. The van der Waals surface area contributed by atoms with Gasteiger partial charge in [0.15, 0.2) is 5.00 Å². The molecule has 5 rings (SSSR count). The van der Waals surface area contributed by atoms with Gasteiger partial charge >= 0.3 is 0 Å². The second kappa shape index (κ2) is 6.74.